The lowest BCUT2D eigenvalue weighted by Gasteiger charge is -2.18. The molecule has 2 heterocycles. The first-order valence-electron chi connectivity index (χ1n) is 8.53. The van der Waals surface area contributed by atoms with E-state index >= 15 is 0 Å². The summed E-state index contributed by atoms with van der Waals surface area (Å²) in [6, 6.07) is 5.69. The molecular weight excluding hydrogens is 304 g/mol. The summed E-state index contributed by atoms with van der Waals surface area (Å²) in [6.45, 7) is 9.75. The third kappa shape index (κ3) is 3.38. The largest absolute Gasteiger partial charge is 0.389 e. The van der Waals surface area contributed by atoms with Gasteiger partial charge in [0.15, 0.2) is 5.43 Å². The van der Waals surface area contributed by atoms with E-state index in [9.17, 15) is 9.90 Å². The Morgan fingerprint density at radius 3 is 2.71 bits per heavy atom. The highest BCUT2D eigenvalue weighted by Crippen LogP contribution is 2.20. The minimum absolute atomic E-state index is 0.0506. The van der Waals surface area contributed by atoms with Crippen LogP contribution in [0.15, 0.2) is 23.0 Å². The summed E-state index contributed by atoms with van der Waals surface area (Å²) >= 11 is 0. The predicted molar refractivity (Wildman–Crippen MR) is 95.3 cm³/mol. The van der Waals surface area contributed by atoms with Crippen molar-refractivity contribution in [3.05, 3.63) is 45.2 Å². The molecule has 1 saturated heterocycles. The van der Waals surface area contributed by atoms with Crippen LogP contribution in [0.3, 0.4) is 0 Å². The maximum atomic E-state index is 12.5. The molecule has 0 saturated carbocycles. The van der Waals surface area contributed by atoms with E-state index in [-0.39, 0.29) is 17.6 Å². The highest BCUT2D eigenvalue weighted by Gasteiger charge is 2.32. The summed E-state index contributed by atoms with van der Waals surface area (Å²) in [5, 5.41) is 10.9. The molecule has 3 rings (SSSR count). The highest BCUT2D eigenvalue weighted by atomic mass is 16.5. The fourth-order valence-corrected chi connectivity index (χ4v) is 3.49. The van der Waals surface area contributed by atoms with Gasteiger partial charge in [-0.1, -0.05) is 12.1 Å². The SMILES string of the molecule is Cc1ccc(C)c2c(=O)cc(CN3C[C@@H](O)[C@H](OC(C)C)C3)[nH]c12. The number of aliphatic hydroxyl groups excluding tert-OH is 1. The number of β-amino-alcohol motifs (C(OH)–C–C–N with tert-alkyl or cyclic N) is 1. The number of ether oxygens (including phenoxy) is 1. The molecule has 1 aromatic heterocycles. The summed E-state index contributed by atoms with van der Waals surface area (Å²) in [6.07, 6.45) is -0.555. The molecule has 2 aromatic rings. The first kappa shape index (κ1) is 17.1. The zero-order valence-electron chi connectivity index (χ0n) is 14.8. The first-order valence-corrected chi connectivity index (χ1v) is 8.53. The second kappa shape index (κ2) is 6.67. The second-order valence-electron chi connectivity index (χ2n) is 7.09. The molecule has 1 aromatic carbocycles. The Hall–Kier alpha value is -1.69. The van der Waals surface area contributed by atoms with Gasteiger partial charge in [0.05, 0.1) is 23.8 Å². The number of aliphatic hydroxyl groups is 1. The lowest BCUT2D eigenvalue weighted by Crippen LogP contribution is -2.29. The van der Waals surface area contributed by atoms with Crippen molar-refractivity contribution in [1.82, 2.24) is 9.88 Å². The van der Waals surface area contributed by atoms with Gasteiger partial charge in [0.2, 0.25) is 0 Å². The fourth-order valence-electron chi connectivity index (χ4n) is 3.49. The van der Waals surface area contributed by atoms with Crippen LogP contribution in [0, 0.1) is 13.8 Å². The van der Waals surface area contributed by atoms with Crippen molar-refractivity contribution in [2.75, 3.05) is 13.1 Å². The molecule has 1 aliphatic heterocycles. The van der Waals surface area contributed by atoms with Gasteiger partial charge in [0.1, 0.15) is 0 Å². The van der Waals surface area contributed by atoms with E-state index in [1.807, 2.05) is 39.8 Å². The molecule has 130 valence electrons. The van der Waals surface area contributed by atoms with E-state index in [4.69, 9.17) is 4.74 Å². The van der Waals surface area contributed by atoms with Gasteiger partial charge in [-0.3, -0.25) is 9.69 Å². The Balaban J connectivity index is 1.84. The van der Waals surface area contributed by atoms with Gasteiger partial charge >= 0.3 is 0 Å². The summed E-state index contributed by atoms with van der Waals surface area (Å²) in [4.78, 5) is 18.0. The number of aromatic nitrogens is 1. The number of pyridine rings is 1. The lowest BCUT2D eigenvalue weighted by atomic mass is 10.0. The van der Waals surface area contributed by atoms with E-state index < -0.39 is 6.10 Å². The quantitative estimate of drug-likeness (QED) is 0.901. The van der Waals surface area contributed by atoms with Crippen molar-refractivity contribution < 1.29 is 9.84 Å². The molecule has 2 atom stereocenters. The third-order valence-corrected chi connectivity index (χ3v) is 4.61. The molecule has 0 spiro atoms. The molecule has 0 radical (unpaired) electrons. The van der Waals surface area contributed by atoms with Gasteiger partial charge in [-0.05, 0) is 38.8 Å². The predicted octanol–water partition coefficient (Wildman–Crippen LogP) is 2.12. The third-order valence-electron chi connectivity index (χ3n) is 4.61. The van der Waals surface area contributed by atoms with E-state index in [1.165, 1.54) is 0 Å². The Morgan fingerprint density at radius 2 is 2.00 bits per heavy atom. The van der Waals surface area contributed by atoms with Crippen LogP contribution in [0.1, 0.15) is 30.7 Å². The van der Waals surface area contributed by atoms with Gasteiger partial charge in [0, 0.05) is 36.8 Å². The van der Waals surface area contributed by atoms with Gasteiger partial charge in [-0.15, -0.1) is 0 Å². The molecule has 5 heteroatoms. The molecule has 2 N–H and O–H groups in total. The van der Waals surface area contributed by atoms with Crippen molar-refractivity contribution in [2.45, 2.75) is 52.6 Å². The zero-order valence-corrected chi connectivity index (χ0v) is 14.8. The average molecular weight is 330 g/mol. The van der Waals surface area contributed by atoms with Crippen molar-refractivity contribution in [2.24, 2.45) is 0 Å². The minimum Gasteiger partial charge on any atom is -0.389 e. The Kier molecular flexibility index (Phi) is 4.76. The van der Waals surface area contributed by atoms with Crippen LogP contribution in [-0.2, 0) is 11.3 Å². The summed E-state index contributed by atoms with van der Waals surface area (Å²) < 4.78 is 5.76. The molecule has 1 fully saturated rings. The van der Waals surface area contributed by atoms with Crippen molar-refractivity contribution in [3.8, 4) is 0 Å². The Morgan fingerprint density at radius 1 is 1.29 bits per heavy atom. The number of likely N-dealkylation sites (tertiary alicyclic amines) is 1. The number of H-pyrrole nitrogens is 1. The minimum atomic E-state index is -0.483. The molecule has 0 unspecified atom stereocenters. The maximum Gasteiger partial charge on any atom is 0.189 e. The summed E-state index contributed by atoms with van der Waals surface area (Å²) in [7, 11) is 0. The van der Waals surface area contributed by atoms with Gasteiger partial charge in [-0.2, -0.15) is 0 Å². The molecule has 1 aliphatic rings. The normalized spacial score (nSPS) is 21.9. The highest BCUT2D eigenvalue weighted by molar-refractivity contribution is 5.84. The number of hydrogen-bond acceptors (Lipinski definition) is 4. The topological polar surface area (TPSA) is 65.6 Å². The number of benzene rings is 1. The van der Waals surface area contributed by atoms with E-state index in [0.717, 1.165) is 27.7 Å². The van der Waals surface area contributed by atoms with Crippen LogP contribution in [0.25, 0.3) is 10.9 Å². The van der Waals surface area contributed by atoms with Crippen LogP contribution in [0.5, 0.6) is 0 Å². The number of aromatic amines is 1. The van der Waals surface area contributed by atoms with Crippen molar-refractivity contribution in [1.29, 1.82) is 0 Å². The summed E-state index contributed by atoms with van der Waals surface area (Å²) in [5.41, 5.74) is 3.89. The fraction of sp³-hybridized carbons (Fsp3) is 0.526. The van der Waals surface area contributed by atoms with E-state index in [1.54, 1.807) is 6.07 Å². The number of rotatable bonds is 4. The first-order chi connectivity index (χ1) is 11.3. The molecule has 5 nitrogen and oxygen atoms in total. The van der Waals surface area contributed by atoms with Crippen LogP contribution in [-0.4, -0.2) is 46.4 Å². The van der Waals surface area contributed by atoms with Gasteiger partial charge in [0.25, 0.3) is 0 Å². The van der Waals surface area contributed by atoms with E-state index in [2.05, 4.69) is 9.88 Å². The maximum absolute atomic E-state index is 12.5. The van der Waals surface area contributed by atoms with Crippen molar-refractivity contribution in [3.63, 3.8) is 0 Å². The van der Waals surface area contributed by atoms with Crippen LogP contribution in [0.2, 0.25) is 0 Å². The number of aryl methyl sites for hydroxylation is 2. The molecule has 0 bridgehead atoms. The smallest absolute Gasteiger partial charge is 0.189 e. The molecular formula is C19H26N2O3. The molecule has 0 aliphatic carbocycles. The lowest BCUT2D eigenvalue weighted by molar-refractivity contribution is -0.0396. The number of nitrogens with zero attached hydrogens (tertiary/aromatic N) is 1. The van der Waals surface area contributed by atoms with Crippen LogP contribution >= 0.6 is 0 Å². The van der Waals surface area contributed by atoms with E-state index in [0.29, 0.717) is 19.6 Å². The van der Waals surface area contributed by atoms with Gasteiger partial charge < -0.3 is 14.8 Å². The second-order valence-corrected chi connectivity index (χ2v) is 7.09. The number of fused-ring (bicyclic) bond motifs is 1. The monoisotopic (exact) mass is 330 g/mol. The van der Waals surface area contributed by atoms with Gasteiger partial charge in [-0.25, -0.2) is 0 Å². The van der Waals surface area contributed by atoms with Crippen LogP contribution < -0.4 is 5.43 Å². The molecule has 0 amide bonds. The summed E-state index contributed by atoms with van der Waals surface area (Å²) in [5.74, 6) is 0. The Labute approximate surface area is 142 Å². The average Bonchev–Trinajstić information content (AvgIpc) is 2.81. The van der Waals surface area contributed by atoms with Crippen molar-refractivity contribution >= 4 is 10.9 Å². The van der Waals surface area contributed by atoms with Crippen LogP contribution in [0.4, 0.5) is 0 Å². The zero-order chi connectivity index (χ0) is 17.4. The number of nitrogens with one attached hydrogen (secondary N) is 1. The Bertz CT molecular complexity index is 797. The standard InChI is InChI=1S/C19H26N2O3/c1-11(2)24-17-10-21(9-16(17)23)8-14-7-15(22)18-12(3)5-6-13(4)19(18)20-14/h5-7,11,16-17,23H,8-10H2,1-4H3,(H,20,22)/t16-,17-/m1/s1. The molecule has 24 heavy (non-hydrogen) atoms. The number of hydrogen-bond donors (Lipinski definition) is 2.